The van der Waals surface area contributed by atoms with Crippen LogP contribution in [0, 0.1) is 0 Å². The molecule has 3 aromatic rings. The second-order valence-corrected chi connectivity index (χ2v) is 8.19. The van der Waals surface area contributed by atoms with Crippen molar-refractivity contribution in [1.29, 1.82) is 0 Å². The molecular formula is C22H24ClN5O2S. The molecule has 1 aromatic carbocycles. The Hall–Kier alpha value is -2.68. The van der Waals surface area contributed by atoms with Gasteiger partial charge in [-0.25, -0.2) is 0 Å². The number of nitrogens with one attached hydrogen (secondary N) is 1. The van der Waals surface area contributed by atoms with Gasteiger partial charge in [-0.15, -0.1) is 0 Å². The van der Waals surface area contributed by atoms with E-state index in [4.69, 9.17) is 28.6 Å². The molecule has 9 heteroatoms. The maximum absolute atomic E-state index is 12.5. The first-order chi connectivity index (χ1) is 15.0. The highest BCUT2D eigenvalue weighted by atomic mass is 35.5. The number of fused-ring (bicyclic) bond motifs is 1. The Bertz CT molecular complexity index is 1130. The van der Waals surface area contributed by atoms with E-state index in [0.29, 0.717) is 22.4 Å². The smallest absolute Gasteiger partial charge is 0.251 e. The van der Waals surface area contributed by atoms with Gasteiger partial charge in [-0.3, -0.25) is 14.7 Å². The zero-order valence-electron chi connectivity index (χ0n) is 17.3. The molecule has 1 aliphatic heterocycles. The summed E-state index contributed by atoms with van der Waals surface area (Å²) < 4.78 is 7.04. The van der Waals surface area contributed by atoms with Crippen molar-refractivity contribution in [2.24, 2.45) is 0 Å². The Morgan fingerprint density at radius 2 is 1.87 bits per heavy atom. The van der Waals surface area contributed by atoms with Crippen molar-refractivity contribution < 1.29 is 4.74 Å². The minimum absolute atomic E-state index is 0.0328. The predicted octanol–water partition coefficient (Wildman–Crippen LogP) is 3.07. The van der Waals surface area contributed by atoms with Crippen LogP contribution in [0.4, 0.5) is 5.69 Å². The number of methoxy groups -OCH3 is 1. The van der Waals surface area contributed by atoms with E-state index in [2.05, 4.69) is 20.1 Å². The van der Waals surface area contributed by atoms with E-state index < -0.39 is 0 Å². The number of rotatable bonds is 5. The van der Waals surface area contributed by atoms with Gasteiger partial charge in [-0.2, -0.15) is 0 Å². The van der Waals surface area contributed by atoms with Gasteiger partial charge in [0.2, 0.25) is 0 Å². The van der Waals surface area contributed by atoms with Gasteiger partial charge in [0.05, 0.1) is 24.3 Å². The van der Waals surface area contributed by atoms with E-state index >= 15 is 0 Å². The number of benzene rings is 1. The summed E-state index contributed by atoms with van der Waals surface area (Å²) in [7, 11) is 1.60. The molecule has 162 valence electrons. The molecule has 0 amide bonds. The lowest BCUT2D eigenvalue weighted by atomic mass is 10.3. The van der Waals surface area contributed by atoms with E-state index in [0.717, 1.165) is 49.4 Å². The minimum Gasteiger partial charge on any atom is -0.495 e. The first-order valence-corrected chi connectivity index (χ1v) is 10.9. The predicted molar refractivity (Wildman–Crippen MR) is 128 cm³/mol. The number of pyridine rings is 2. The summed E-state index contributed by atoms with van der Waals surface area (Å²) >= 11 is 11.5. The van der Waals surface area contributed by atoms with Gasteiger partial charge in [0, 0.05) is 62.1 Å². The number of hydrogen-bond acceptors (Lipinski definition) is 5. The fourth-order valence-electron chi connectivity index (χ4n) is 3.64. The second kappa shape index (κ2) is 9.64. The molecular weight excluding hydrogens is 434 g/mol. The van der Waals surface area contributed by atoms with Crippen LogP contribution in [-0.4, -0.2) is 64.3 Å². The molecule has 0 atom stereocenters. The van der Waals surface area contributed by atoms with Gasteiger partial charge in [0.1, 0.15) is 5.75 Å². The molecule has 7 nitrogen and oxygen atoms in total. The standard InChI is InChI=1S/C22H24ClN5O2S/c1-30-18-14-20-19(24-15-18)6-7-21(29)28(20)13-10-26-8-11-27(12-9-26)22(31)25-17-4-2-16(23)3-5-17/h2-7,14-15H,8-13H2,1H3,(H,25,31). The van der Waals surface area contributed by atoms with Crippen molar-refractivity contribution in [3.05, 3.63) is 64.0 Å². The Kier molecular flexibility index (Phi) is 6.70. The van der Waals surface area contributed by atoms with Crippen molar-refractivity contribution in [3.63, 3.8) is 0 Å². The number of thiocarbonyl (C=S) groups is 1. The van der Waals surface area contributed by atoms with Crippen molar-refractivity contribution in [2.75, 3.05) is 45.2 Å². The minimum atomic E-state index is -0.0328. The van der Waals surface area contributed by atoms with E-state index in [1.807, 2.05) is 30.3 Å². The van der Waals surface area contributed by atoms with E-state index in [1.165, 1.54) is 0 Å². The highest BCUT2D eigenvalue weighted by Crippen LogP contribution is 2.17. The number of hydrogen-bond donors (Lipinski definition) is 1. The molecule has 3 heterocycles. The molecule has 0 aliphatic carbocycles. The van der Waals surface area contributed by atoms with Crippen LogP contribution in [0.5, 0.6) is 5.75 Å². The van der Waals surface area contributed by atoms with E-state index in [1.54, 1.807) is 30.0 Å². The zero-order chi connectivity index (χ0) is 21.8. The number of aromatic nitrogens is 2. The van der Waals surface area contributed by atoms with Gasteiger partial charge in [-0.05, 0) is 42.5 Å². The average molecular weight is 458 g/mol. The summed E-state index contributed by atoms with van der Waals surface area (Å²) in [4.78, 5) is 21.4. The van der Waals surface area contributed by atoms with Crippen LogP contribution >= 0.6 is 23.8 Å². The lowest BCUT2D eigenvalue weighted by Gasteiger charge is -2.36. The SMILES string of the molecule is COc1cnc2ccc(=O)n(CCN3CCN(C(=S)Nc4ccc(Cl)cc4)CC3)c2c1. The van der Waals surface area contributed by atoms with Crippen LogP contribution < -0.4 is 15.6 Å². The molecule has 4 rings (SSSR count). The third-order valence-corrected chi connectivity index (χ3v) is 6.06. The third kappa shape index (κ3) is 5.15. The molecule has 0 unspecified atom stereocenters. The van der Waals surface area contributed by atoms with Crippen molar-refractivity contribution in [3.8, 4) is 5.75 Å². The van der Waals surface area contributed by atoms with Crippen LogP contribution in [0.3, 0.4) is 0 Å². The molecule has 0 spiro atoms. The number of nitrogens with zero attached hydrogens (tertiary/aromatic N) is 4. The number of halogens is 1. The van der Waals surface area contributed by atoms with Gasteiger partial charge in [0.25, 0.3) is 5.56 Å². The average Bonchev–Trinajstić information content (AvgIpc) is 2.80. The lowest BCUT2D eigenvalue weighted by molar-refractivity contribution is 0.178. The number of ether oxygens (including phenoxy) is 1. The van der Waals surface area contributed by atoms with Crippen molar-refractivity contribution in [1.82, 2.24) is 19.4 Å². The highest BCUT2D eigenvalue weighted by Gasteiger charge is 2.19. The maximum Gasteiger partial charge on any atom is 0.251 e. The largest absolute Gasteiger partial charge is 0.495 e. The van der Waals surface area contributed by atoms with Gasteiger partial charge < -0.3 is 19.5 Å². The van der Waals surface area contributed by atoms with Gasteiger partial charge in [0.15, 0.2) is 5.11 Å². The molecule has 31 heavy (non-hydrogen) atoms. The van der Waals surface area contributed by atoms with Crippen LogP contribution in [0.25, 0.3) is 11.0 Å². The summed E-state index contributed by atoms with van der Waals surface area (Å²) in [5.74, 6) is 0.641. The number of anilines is 1. The zero-order valence-corrected chi connectivity index (χ0v) is 18.8. The van der Waals surface area contributed by atoms with E-state index in [-0.39, 0.29) is 5.56 Å². The fourth-order valence-corrected chi connectivity index (χ4v) is 4.07. The Morgan fingerprint density at radius 3 is 2.58 bits per heavy atom. The Labute approximate surface area is 191 Å². The molecule has 1 N–H and O–H groups in total. The van der Waals surface area contributed by atoms with Crippen LogP contribution in [0.15, 0.2) is 53.5 Å². The lowest BCUT2D eigenvalue weighted by Crippen LogP contribution is -2.50. The molecule has 1 fully saturated rings. The summed E-state index contributed by atoms with van der Waals surface area (Å²) in [5.41, 5.74) is 2.47. The quantitative estimate of drug-likeness (QED) is 0.591. The summed E-state index contributed by atoms with van der Waals surface area (Å²) in [6, 6.07) is 12.7. The molecule has 1 aliphatic rings. The molecule has 2 aromatic heterocycles. The first kappa shape index (κ1) is 21.5. The molecule has 0 saturated carbocycles. The monoisotopic (exact) mass is 457 g/mol. The van der Waals surface area contributed by atoms with Gasteiger partial charge >= 0.3 is 0 Å². The highest BCUT2D eigenvalue weighted by molar-refractivity contribution is 7.80. The van der Waals surface area contributed by atoms with Crippen molar-refractivity contribution >= 4 is 45.7 Å². The summed E-state index contributed by atoms with van der Waals surface area (Å²) in [5, 5.41) is 4.68. The van der Waals surface area contributed by atoms with Crippen LogP contribution in [-0.2, 0) is 6.54 Å². The number of piperazine rings is 1. The van der Waals surface area contributed by atoms with Crippen LogP contribution in [0.2, 0.25) is 5.02 Å². The summed E-state index contributed by atoms with van der Waals surface area (Å²) in [6.07, 6.45) is 1.66. The third-order valence-electron chi connectivity index (χ3n) is 5.44. The molecule has 0 radical (unpaired) electrons. The van der Waals surface area contributed by atoms with Gasteiger partial charge in [-0.1, -0.05) is 11.6 Å². The second-order valence-electron chi connectivity index (χ2n) is 7.37. The Balaban J connectivity index is 1.34. The first-order valence-electron chi connectivity index (χ1n) is 10.1. The summed E-state index contributed by atoms with van der Waals surface area (Å²) in [6.45, 7) is 4.80. The Morgan fingerprint density at radius 1 is 1.13 bits per heavy atom. The topological polar surface area (TPSA) is 62.6 Å². The van der Waals surface area contributed by atoms with E-state index in [9.17, 15) is 4.79 Å². The van der Waals surface area contributed by atoms with Crippen molar-refractivity contribution in [2.45, 2.75) is 6.54 Å². The fraction of sp³-hybridized carbons (Fsp3) is 0.318. The normalized spacial score (nSPS) is 14.6. The molecule has 0 bridgehead atoms. The molecule has 1 saturated heterocycles. The maximum atomic E-state index is 12.5. The van der Waals surface area contributed by atoms with Crippen LogP contribution in [0.1, 0.15) is 0 Å².